The summed E-state index contributed by atoms with van der Waals surface area (Å²) in [6.07, 6.45) is -9.17. The van der Waals surface area contributed by atoms with E-state index in [2.05, 4.69) is 0 Å². The summed E-state index contributed by atoms with van der Waals surface area (Å²) in [5.41, 5.74) is 2.25. The molecule has 0 unspecified atom stereocenters. The van der Waals surface area contributed by atoms with Gasteiger partial charge in [0, 0.05) is 23.9 Å². The maximum atomic E-state index is 15.2. The average molecular weight is 929 g/mol. The van der Waals surface area contributed by atoms with E-state index in [0.717, 1.165) is 0 Å². The van der Waals surface area contributed by atoms with Crippen LogP contribution >= 0.6 is 11.6 Å². The molecular formula is C53H46ClFO12. The monoisotopic (exact) mass is 928 g/mol. The Labute approximate surface area is 391 Å². The van der Waals surface area contributed by atoms with Gasteiger partial charge in [0.15, 0.2) is 12.2 Å². The van der Waals surface area contributed by atoms with Gasteiger partial charge in [-0.3, -0.25) is 4.79 Å². The molecule has 1 heterocycles. The fraction of sp³-hybridized carbons (Fsp3) is 0.226. The van der Waals surface area contributed by atoms with Gasteiger partial charge in [-0.25, -0.2) is 23.6 Å². The SMILES string of the molecule is CCc1ccc(Cc2c(Cl)cc(COC(C)=O)cc2O[C@@H]2O[C@H]([C@@H](C)OC(=O)c3ccccc3)[C@@H](OC(=O)c3ccccc3)[C@H](OC(=O)c3ccccc3)[C@H]2OC(=O)c2ccccc2)cc1F. The standard InChI is InChI=1S/C53H46ClFO12/c1-4-36-26-25-34(29-43(36)55)27-41-42(54)28-35(31-61-33(3)56)30-44(41)63-53-48(66-52(60)40-23-15-8-16-24-40)47(65-51(59)39-21-13-7-14-22-39)46(64-50(58)38-19-11-6-12-20-38)45(67-53)32(2)62-49(57)37-17-9-5-10-18-37/h5-26,28-30,32,45-48,53H,4,27,31H2,1-3H3/t32-,45-,46-,47+,48-,53-/m1/s1. The van der Waals surface area contributed by atoms with Crippen LogP contribution in [0.4, 0.5) is 4.39 Å². The van der Waals surface area contributed by atoms with Crippen molar-refractivity contribution in [3.05, 3.63) is 207 Å². The summed E-state index contributed by atoms with van der Waals surface area (Å²) >= 11 is 6.99. The second-order valence-electron chi connectivity index (χ2n) is 15.6. The fourth-order valence-corrected chi connectivity index (χ4v) is 7.70. The van der Waals surface area contributed by atoms with Gasteiger partial charge >= 0.3 is 29.8 Å². The summed E-state index contributed by atoms with van der Waals surface area (Å²) in [7, 11) is 0. The zero-order chi connectivity index (χ0) is 47.5. The summed E-state index contributed by atoms with van der Waals surface area (Å²) < 4.78 is 58.6. The van der Waals surface area contributed by atoms with Gasteiger partial charge in [-0.05, 0) is 96.8 Å². The van der Waals surface area contributed by atoms with E-state index in [9.17, 15) is 24.0 Å². The lowest BCUT2D eigenvalue weighted by Gasteiger charge is -2.45. The Kier molecular flexibility index (Phi) is 15.8. The summed E-state index contributed by atoms with van der Waals surface area (Å²) in [6.45, 7) is 4.34. The van der Waals surface area contributed by atoms with Crippen molar-refractivity contribution in [3.8, 4) is 5.75 Å². The van der Waals surface area contributed by atoms with Crippen LogP contribution in [0.2, 0.25) is 5.02 Å². The van der Waals surface area contributed by atoms with E-state index in [4.69, 9.17) is 44.8 Å². The predicted octanol–water partition coefficient (Wildman–Crippen LogP) is 9.72. The van der Waals surface area contributed by atoms with Crippen molar-refractivity contribution in [2.75, 3.05) is 0 Å². The molecule has 6 aromatic rings. The zero-order valence-electron chi connectivity index (χ0n) is 36.7. The molecule has 1 fully saturated rings. The molecular weight excluding hydrogens is 883 g/mol. The maximum Gasteiger partial charge on any atom is 0.338 e. The van der Waals surface area contributed by atoms with Crippen LogP contribution in [0, 0.1) is 5.82 Å². The molecule has 14 heteroatoms. The Balaban J connectivity index is 1.39. The van der Waals surface area contributed by atoms with Gasteiger partial charge in [-0.15, -0.1) is 0 Å². The predicted molar refractivity (Wildman–Crippen MR) is 243 cm³/mol. The first-order valence-corrected chi connectivity index (χ1v) is 21.8. The molecule has 7 rings (SSSR count). The number of benzene rings is 6. The van der Waals surface area contributed by atoms with Crippen LogP contribution in [0.15, 0.2) is 152 Å². The third kappa shape index (κ3) is 12.1. The number of rotatable bonds is 16. The number of hydrogen-bond acceptors (Lipinski definition) is 12. The van der Waals surface area contributed by atoms with Crippen molar-refractivity contribution in [3.63, 3.8) is 0 Å². The minimum atomic E-state index is -1.76. The number of esters is 5. The molecule has 0 spiro atoms. The van der Waals surface area contributed by atoms with Crippen LogP contribution in [0.5, 0.6) is 5.75 Å². The van der Waals surface area contributed by atoms with Crippen molar-refractivity contribution < 1.29 is 61.5 Å². The van der Waals surface area contributed by atoms with E-state index >= 15 is 4.39 Å². The lowest BCUT2D eigenvalue weighted by Crippen LogP contribution is -2.65. The highest BCUT2D eigenvalue weighted by Crippen LogP contribution is 2.38. The van der Waals surface area contributed by atoms with Crippen LogP contribution in [0.25, 0.3) is 0 Å². The average Bonchev–Trinajstić information content (AvgIpc) is 3.34. The highest BCUT2D eigenvalue weighted by Gasteiger charge is 2.56. The van der Waals surface area contributed by atoms with E-state index in [1.54, 1.807) is 103 Å². The molecule has 0 aliphatic carbocycles. The normalized spacial score (nSPS) is 18.1. The van der Waals surface area contributed by atoms with E-state index in [1.807, 2.05) is 6.92 Å². The highest BCUT2D eigenvalue weighted by molar-refractivity contribution is 6.31. The molecule has 0 aromatic heterocycles. The first kappa shape index (κ1) is 47.6. The van der Waals surface area contributed by atoms with Gasteiger partial charge in [0.1, 0.15) is 30.4 Å². The molecule has 12 nitrogen and oxygen atoms in total. The fourth-order valence-electron chi connectivity index (χ4n) is 7.40. The number of carbonyl (C=O) groups excluding carboxylic acids is 5. The first-order valence-electron chi connectivity index (χ1n) is 21.5. The van der Waals surface area contributed by atoms with Gasteiger partial charge in [0.05, 0.1) is 22.3 Å². The van der Waals surface area contributed by atoms with Crippen molar-refractivity contribution in [2.24, 2.45) is 0 Å². The van der Waals surface area contributed by atoms with Crippen LogP contribution in [-0.2, 0) is 52.7 Å². The smallest absolute Gasteiger partial charge is 0.338 e. The van der Waals surface area contributed by atoms with Crippen molar-refractivity contribution >= 4 is 41.4 Å². The Morgan fingerprint density at radius 3 is 1.61 bits per heavy atom. The molecule has 0 saturated carbocycles. The summed E-state index contributed by atoms with van der Waals surface area (Å²) in [5.74, 6) is -4.40. The van der Waals surface area contributed by atoms with Crippen LogP contribution in [0.3, 0.4) is 0 Å². The van der Waals surface area contributed by atoms with Crippen LogP contribution in [-0.4, -0.2) is 66.7 Å². The number of halogens is 2. The van der Waals surface area contributed by atoms with Crippen LogP contribution in [0.1, 0.15) is 84.5 Å². The molecule has 0 N–H and O–H groups in total. The van der Waals surface area contributed by atoms with Gasteiger partial charge in [-0.1, -0.05) is 103 Å². The van der Waals surface area contributed by atoms with Crippen molar-refractivity contribution in [2.45, 2.75) is 77.0 Å². The molecule has 0 radical (unpaired) electrons. The second-order valence-corrected chi connectivity index (χ2v) is 16.0. The zero-order valence-corrected chi connectivity index (χ0v) is 37.4. The van der Waals surface area contributed by atoms with Gasteiger partial charge < -0.3 is 33.2 Å². The first-order chi connectivity index (χ1) is 32.4. The number of ether oxygens (including phenoxy) is 7. The van der Waals surface area contributed by atoms with E-state index < -0.39 is 72.5 Å². The minimum absolute atomic E-state index is 0.0148. The van der Waals surface area contributed by atoms with E-state index in [1.165, 1.54) is 62.4 Å². The van der Waals surface area contributed by atoms with Crippen molar-refractivity contribution in [1.29, 1.82) is 0 Å². The highest BCUT2D eigenvalue weighted by atomic mass is 35.5. The topological polar surface area (TPSA) is 150 Å². The lowest BCUT2D eigenvalue weighted by atomic mass is 9.94. The molecule has 1 aliphatic heterocycles. The third-order valence-corrected chi connectivity index (χ3v) is 11.2. The quantitative estimate of drug-likeness (QED) is 0.0672. The Hall–Kier alpha value is -7.35. The minimum Gasteiger partial charge on any atom is -0.461 e. The Morgan fingerprint density at radius 1 is 0.627 bits per heavy atom. The largest absolute Gasteiger partial charge is 0.461 e. The number of hydrogen-bond donors (Lipinski definition) is 0. The Bertz CT molecular complexity index is 2680. The molecule has 6 aromatic carbocycles. The molecule has 67 heavy (non-hydrogen) atoms. The van der Waals surface area contributed by atoms with E-state index in [0.29, 0.717) is 28.7 Å². The summed E-state index contributed by atoms with van der Waals surface area (Å²) in [4.78, 5) is 68.1. The molecule has 0 amide bonds. The summed E-state index contributed by atoms with van der Waals surface area (Å²) in [5, 5.41) is 0.136. The van der Waals surface area contributed by atoms with Gasteiger partial charge in [0.2, 0.25) is 12.4 Å². The summed E-state index contributed by atoms with van der Waals surface area (Å²) in [6, 6.07) is 39.9. The van der Waals surface area contributed by atoms with Crippen molar-refractivity contribution in [1.82, 2.24) is 0 Å². The second kappa shape index (κ2) is 22.2. The van der Waals surface area contributed by atoms with Gasteiger partial charge in [0.25, 0.3) is 0 Å². The lowest BCUT2D eigenvalue weighted by molar-refractivity contribution is -0.284. The van der Waals surface area contributed by atoms with Crippen LogP contribution < -0.4 is 4.74 Å². The molecule has 6 atom stereocenters. The molecule has 1 aliphatic rings. The number of carbonyl (C=O) groups is 5. The van der Waals surface area contributed by atoms with Gasteiger partial charge in [-0.2, -0.15) is 0 Å². The molecule has 344 valence electrons. The third-order valence-electron chi connectivity index (χ3n) is 10.8. The molecule has 1 saturated heterocycles. The maximum absolute atomic E-state index is 15.2. The molecule has 0 bridgehead atoms. The van der Waals surface area contributed by atoms with E-state index in [-0.39, 0.29) is 46.1 Å². The Morgan fingerprint density at radius 2 is 1.12 bits per heavy atom. The number of aryl methyl sites for hydroxylation is 1.